The van der Waals surface area contributed by atoms with Crippen molar-refractivity contribution in [2.75, 3.05) is 21.1 Å². The molecule has 39 heteroatoms. The van der Waals surface area contributed by atoms with E-state index in [9.17, 15) is 83.1 Å². The molecule has 0 aromatic heterocycles. The van der Waals surface area contributed by atoms with E-state index in [1.165, 1.54) is 10.6 Å². The zero-order valence-corrected chi connectivity index (χ0v) is 38.8. The number of nitrogens with two attached hydrogens (primary N) is 6. The number of carboxylic acid groups (broad SMARTS) is 9. The Bertz CT molecular complexity index is 1160. The van der Waals surface area contributed by atoms with Gasteiger partial charge < -0.3 is 133 Å². The minimum absolute atomic E-state index is 0. The van der Waals surface area contributed by atoms with Gasteiger partial charge in [0.05, 0.1) is 29.8 Å². The van der Waals surface area contributed by atoms with Gasteiger partial charge in [-0.05, 0) is 21.1 Å². The van der Waals surface area contributed by atoms with Crippen molar-refractivity contribution in [3.05, 3.63) is 36.9 Å². The van der Waals surface area contributed by atoms with Crippen LogP contribution in [0.1, 0.15) is 0 Å². The Balaban J connectivity index is -0.0000000516. The van der Waals surface area contributed by atoms with Crippen molar-refractivity contribution >= 4 is 99.7 Å². The van der Waals surface area contributed by atoms with E-state index < -0.39 is 124 Å². The normalized spacial score (nSPS) is 10.4. The van der Waals surface area contributed by atoms with Gasteiger partial charge in [-0.25, -0.2) is 19.2 Å². The van der Waals surface area contributed by atoms with Gasteiger partial charge in [-0.15, -0.1) is 0 Å². The fourth-order valence-corrected chi connectivity index (χ4v) is 2.42. The molecule has 33 nitrogen and oxygen atoms in total. The van der Waals surface area contributed by atoms with E-state index in [1.807, 2.05) is 10.6 Å². The predicted octanol–water partition coefficient (Wildman–Crippen LogP) is -8.37. The third-order valence-corrected chi connectivity index (χ3v) is 4.68. The summed E-state index contributed by atoms with van der Waals surface area (Å²) in [4.78, 5) is 126. The minimum atomic E-state index is -2.43. The average Bonchev–Trinajstić information content (AvgIpc) is 3.02. The van der Waals surface area contributed by atoms with Crippen LogP contribution in [0.2, 0.25) is 0 Å². The molecule has 0 rings (SSSR count). The summed E-state index contributed by atoms with van der Waals surface area (Å²) in [5.74, 6) is -20.9. The van der Waals surface area contributed by atoms with E-state index in [1.54, 1.807) is 24.1 Å². The van der Waals surface area contributed by atoms with Crippen molar-refractivity contribution in [1.29, 1.82) is 0 Å². The van der Waals surface area contributed by atoms with E-state index in [4.69, 9.17) is 39.3 Å². The van der Waals surface area contributed by atoms with Gasteiger partial charge in [-0.1, -0.05) is 0 Å². The number of carboxylic acids is 9. The van der Waals surface area contributed by atoms with Gasteiger partial charge in [0.2, 0.25) is 23.8 Å². The molecule has 3 amide bonds. The standard InChI is InChI=1S/3C7H10N2O7.3ClH.6H2N.3Pt/c3*1-8-2(5(11)12)4(10)9-3(6(13)14)7(15)16;;;;;;;;;;;;/h3*2-3,8H,1H3,(H,9,10)(H,11,12)(H,13,14)(H,15,16);3*1H;6*1H2;;;/q;;;;;;6*-1;+1;+2;+4/p-8. The van der Waals surface area contributed by atoms with Crippen molar-refractivity contribution in [3.63, 3.8) is 0 Å². The molecule has 0 saturated carbocycles. The van der Waals surface area contributed by atoms with Crippen LogP contribution in [0, 0.1) is 0 Å². The number of likely N-dealkylation sites (N-methyl/N-ethyl adjacent to an activating group) is 3. The topological polar surface area (TPSA) is 674 Å². The Labute approximate surface area is 383 Å². The first kappa shape index (κ1) is 87.7. The zero-order valence-electron chi connectivity index (χ0n) is 29.7. The van der Waals surface area contributed by atoms with Crippen LogP contribution in [0.5, 0.6) is 0 Å². The van der Waals surface area contributed by atoms with E-state index >= 15 is 0 Å². The SMILES string of the molecule is CNC(C(=O)O)C(=O)NC(C(=O)O)C(=O)O.CNC(C(=O)[O-])C(=O)NC(C(=O)[O-])C(=O)O.CNC(C(=O)[O-])C(=O)NC(C(=O)[O-])C(=O)[O-].[Cl][Pt+2][Cl].[Cl][Pt].[NH2-].[NH2-].[NH2-].[NH2-].[NH2-].[NH2-].[Pt+2]. The van der Waals surface area contributed by atoms with Gasteiger partial charge >= 0.3 is 108 Å². The van der Waals surface area contributed by atoms with Crippen LogP contribution in [0.4, 0.5) is 0 Å². The molecule has 0 spiro atoms. The second kappa shape index (κ2) is 49.6. The Hall–Kier alpha value is -3.79. The summed E-state index contributed by atoms with van der Waals surface area (Å²) in [7, 11) is 17.7. The number of carbonyl (C=O) groups excluding carboxylic acids is 8. The van der Waals surface area contributed by atoms with Crippen molar-refractivity contribution in [1.82, 2.24) is 31.9 Å². The average molecular weight is 1490 g/mol. The van der Waals surface area contributed by atoms with Gasteiger partial charge in [0.15, 0.2) is 12.1 Å². The number of hydrogen-bond acceptors (Lipinski definition) is 20. The molecule has 0 aliphatic carbocycles. The summed E-state index contributed by atoms with van der Waals surface area (Å²) in [6, 6.07) is -12.4. The molecular weight excluding hydrogens is 1450 g/mol. The van der Waals surface area contributed by atoms with Crippen molar-refractivity contribution in [2.24, 2.45) is 0 Å². The van der Waals surface area contributed by atoms with Gasteiger partial charge in [0, 0.05) is 0 Å². The molecule has 60 heavy (non-hydrogen) atoms. The first-order chi connectivity index (χ1) is 24.3. The smallest absolute Gasteiger partial charge is 0.693 e. The molecule has 0 heterocycles. The number of rotatable bonds is 18. The molecule has 0 aliphatic heterocycles. The molecule has 4 unspecified atom stereocenters. The van der Waals surface area contributed by atoms with Gasteiger partial charge in [-0.3, -0.25) is 19.7 Å². The number of halogens is 3. The number of hydrogen-bond donors (Lipinski definition) is 10. The summed E-state index contributed by atoms with van der Waals surface area (Å²) in [5.41, 5.74) is 0. The molecule has 22 N–H and O–H groups in total. The minimum Gasteiger partial charge on any atom is -0.693 e. The number of nitrogens with one attached hydrogen (secondary N) is 6. The quantitative estimate of drug-likeness (QED) is 0.0570. The molecule has 0 bridgehead atoms. The third kappa shape index (κ3) is 39.7. The number of amides is 3. The van der Waals surface area contributed by atoms with Crippen molar-refractivity contribution in [2.45, 2.75) is 36.3 Å². The maximum Gasteiger partial charge on any atom is 2.00 e. The first-order valence-corrected chi connectivity index (χ1v) is 20.6. The molecule has 0 aliphatic rings. The molecule has 4 atom stereocenters. The fourth-order valence-electron chi connectivity index (χ4n) is 2.42. The van der Waals surface area contributed by atoms with E-state index in [0.717, 1.165) is 21.1 Å². The Kier molecular flexibility index (Phi) is 72.4. The van der Waals surface area contributed by atoms with E-state index in [2.05, 4.69) is 14.7 Å². The maximum absolute atomic E-state index is 11.2. The largest absolute Gasteiger partial charge is 2.00 e. The summed E-state index contributed by atoms with van der Waals surface area (Å²) in [5, 5.41) is 95.6. The molecule has 0 aromatic carbocycles. The molecule has 365 valence electrons. The molecule has 0 saturated heterocycles. The summed E-state index contributed by atoms with van der Waals surface area (Å²) >= 11 is 1.14. The van der Waals surface area contributed by atoms with E-state index in [-0.39, 0.29) is 58.0 Å². The second-order valence-corrected chi connectivity index (χ2v) is 11.3. The summed E-state index contributed by atoms with van der Waals surface area (Å²) < 4.78 is 0. The van der Waals surface area contributed by atoms with Crippen LogP contribution in [-0.4, -0.2) is 149 Å². The van der Waals surface area contributed by atoms with Crippen LogP contribution < -0.4 is 57.4 Å². The molecule has 0 aromatic rings. The van der Waals surface area contributed by atoms with Gasteiger partial charge in [0.25, 0.3) is 0 Å². The summed E-state index contributed by atoms with van der Waals surface area (Å²) in [6.07, 6.45) is 0. The first-order valence-electron chi connectivity index (χ1n) is 12.2. The second-order valence-electron chi connectivity index (χ2n) is 7.98. The Morgan fingerprint density at radius 1 is 0.417 bits per heavy atom. The Morgan fingerprint density at radius 3 is 0.750 bits per heavy atom. The summed E-state index contributed by atoms with van der Waals surface area (Å²) in [6.45, 7) is 0. The van der Waals surface area contributed by atoms with Gasteiger partial charge in [-0.2, -0.15) is 0 Å². The van der Waals surface area contributed by atoms with Gasteiger partial charge in [0.1, 0.15) is 18.1 Å². The fraction of sp³-hybridized carbons (Fsp3) is 0.429. The van der Waals surface area contributed by atoms with Crippen LogP contribution >= 0.6 is 28.3 Å². The van der Waals surface area contributed by atoms with Crippen LogP contribution in [0.3, 0.4) is 0 Å². The Morgan fingerprint density at radius 2 is 0.583 bits per heavy atom. The number of aliphatic carboxylic acids is 9. The van der Waals surface area contributed by atoms with Crippen molar-refractivity contribution in [3.8, 4) is 0 Å². The van der Waals surface area contributed by atoms with Crippen LogP contribution in [0.15, 0.2) is 0 Å². The molecule has 0 radical (unpaired) electrons. The predicted molar refractivity (Wildman–Crippen MR) is 179 cm³/mol. The number of carbonyl (C=O) groups is 12. The van der Waals surface area contributed by atoms with Crippen molar-refractivity contribution < 1.29 is 160 Å². The monoisotopic (exact) mass is 1480 g/mol. The third-order valence-electron chi connectivity index (χ3n) is 4.68. The maximum atomic E-state index is 11.2. The molecular formula is C21H37Cl3N12O21Pt3-7. The van der Waals surface area contributed by atoms with Crippen LogP contribution in [0.25, 0.3) is 36.9 Å². The van der Waals surface area contributed by atoms with E-state index in [0.29, 0.717) is 0 Å². The zero-order chi connectivity index (χ0) is 43.3. The van der Waals surface area contributed by atoms with Crippen LogP contribution in [-0.2, 0) is 114 Å². The molecule has 0 fully saturated rings.